The van der Waals surface area contributed by atoms with Crippen LogP contribution in [0.5, 0.6) is 0 Å². The minimum Gasteiger partial charge on any atom is -0.384 e. The van der Waals surface area contributed by atoms with Gasteiger partial charge in [0.2, 0.25) is 0 Å². The average molecular weight is 230 g/mol. The van der Waals surface area contributed by atoms with E-state index in [2.05, 4.69) is 11.8 Å². The lowest BCUT2D eigenvalue weighted by Gasteiger charge is -2.05. The first-order valence-electron chi connectivity index (χ1n) is 6.15. The van der Waals surface area contributed by atoms with Gasteiger partial charge in [0.25, 0.3) is 0 Å². The molecule has 1 saturated carbocycles. The molecule has 2 rings (SSSR count). The van der Waals surface area contributed by atoms with Gasteiger partial charge >= 0.3 is 0 Å². The van der Waals surface area contributed by atoms with Crippen molar-refractivity contribution in [3.8, 4) is 11.8 Å². The minimum atomic E-state index is -0.100. The maximum absolute atomic E-state index is 8.70. The molecule has 0 aromatic heterocycles. The van der Waals surface area contributed by atoms with Crippen molar-refractivity contribution in [3.05, 3.63) is 35.4 Å². The Hall–Kier alpha value is -1.30. The smallest absolute Gasteiger partial charge is 0.104 e. The van der Waals surface area contributed by atoms with E-state index >= 15 is 0 Å². The van der Waals surface area contributed by atoms with Gasteiger partial charge in [-0.05, 0) is 24.0 Å². The topological polar surface area (TPSA) is 29.5 Å². The third-order valence-electron chi connectivity index (χ3n) is 2.94. The lowest BCUT2D eigenvalue weighted by atomic mass is 10.1. The van der Waals surface area contributed by atoms with E-state index in [4.69, 9.17) is 9.84 Å². The predicted molar refractivity (Wildman–Crippen MR) is 67.4 cm³/mol. The van der Waals surface area contributed by atoms with Crippen molar-refractivity contribution < 1.29 is 9.84 Å². The molecule has 0 spiro atoms. The summed E-state index contributed by atoms with van der Waals surface area (Å²) < 4.78 is 5.66. The Morgan fingerprint density at radius 1 is 1.29 bits per heavy atom. The van der Waals surface area contributed by atoms with Crippen LogP contribution in [0.25, 0.3) is 0 Å². The summed E-state index contributed by atoms with van der Waals surface area (Å²) in [5.74, 6) is 6.53. The van der Waals surface area contributed by atoms with Crippen LogP contribution in [0.1, 0.15) is 30.4 Å². The molecule has 90 valence electrons. The second-order valence-electron chi connectivity index (χ2n) is 4.40. The van der Waals surface area contributed by atoms with Crippen LogP contribution < -0.4 is 0 Å². The quantitative estimate of drug-likeness (QED) is 0.621. The summed E-state index contributed by atoms with van der Waals surface area (Å²) in [7, 11) is 0. The van der Waals surface area contributed by atoms with Gasteiger partial charge in [-0.3, -0.25) is 0 Å². The second kappa shape index (κ2) is 6.44. The minimum absolute atomic E-state index is 0.100. The standard InChI is InChI=1S/C15H18O2/c16-10-3-6-14-4-1-2-5-15(14)12-17-11-9-13-7-8-13/h1-2,4-5,13,16H,7-12H2. The summed E-state index contributed by atoms with van der Waals surface area (Å²) in [6.07, 6.45) is 3.94. The maximum Gasteiger partial charge on any atom is 0.104 e. The normalized spacial score (nSPS) is 14.2. The van der Waals surface area contributed by atoms with Crippen molar-refractivity contribution in [2.75, 3.05) is 13.2 Å². The van der Waals surface area contributed by atoms with Gasteiger partial charge in [-0.1, -0.05) is 42.9 Å². The maximum atomic E-state index is 8.70. The van der Waals surface area contributed by atoms with Gasteiger partial charge in [-0.2, -0.15) is 0 Å². The molecule has 1 aromatic rings. The molecule has 1 aromatic carbocycles. The number of aliphatic hydroxyl groups is 1. The summed E-state index contributed by atoms with van der Waals surface area (Å²) in [5, 5.41) is 8.70. The molecule has 0 heterocycles. The number of benzene rings is 1. The van der Waals surface area contributed by atoms with Crippen molar-refractivity contribution in [1.29, 1.82) is 0 Å². The first-order valence-corrected chi connectivity index (χ1v) is 6.15. The molecule has 1 N–H and O–H groups in total. The summed E-state index contributed by atoms with van der Waals surface area (Å²) in [6.45, 7) is 1.35. The van der Waals surface area contributed by atoms with Crippen molar-refractivity contribution in [2.24, 2.45) is 5.92 Å². The zero-order valence-corrected chi connectivity index (χ0v) is 9.98. The number of ether oxygens (including phenoxy) is 1. The highest BCUT2D eigenvalue weighted by Gasteiger charge is 2.20. The van der Waals surface area contributed by atoms with Gasteiger partial charge in [0, 0.05) is 12.2 Å². The summed E-state index contributed by atoms with van der Waals surface area (Å²) in [4.78, 5) is 0. The third-order valence-corrected chi connectivity index (χ3v) is 2.94. The van der Waals surface area contributed by atoms with Gasteiger partial charge in [0.15, 0.2) is 0 Å². The van der Waals surface area contributed by atoms with E-state index < -0.39 is 0 Å². The molecule has 1 fully saturated rings. The molecule has 1 aliphatic carbocycles. The van der Waals surface area contributed by atoms with E-state index in [1.165, 1.54) is 19.3 Å². The van der Waals surface area contributed by atoms with Crippen LogP contribution in [-0.2, 0) is 11.3 Å². The zero-order valence-electron chi connectivity index (χ0n) is 9.98. The van der Waals surface area contributed by atoms with Crippen LogP contribution in [0.4, 0.5) is 0 Å². The molecule has 0 atom stereocenters. The van der Waals surface area contributed by atoms with Gasteiger partial charge in [-0.25, -0.2) is 0 Å². The highest BCUT2D eigenvalue weighted by atomic mass is 16.5. The average Bonchev–Trinajstić information content (AvgIpc) is 3.17. The van der Waals surface area contributed by atoms with E-state index in [0.717, 1.165) is 23.7 Å². The third kappa shape index (κ3) is 4.22. The van der Waals surface area contributed by atoms with E-state index in [1.54, 1.807) is 0 Å². The fourth-order valence-corrected chi connectivity index (χ4v) is 1.74. The Morgan fingerprint density at radius 3 is 2.88 bits per heavy atom. The number of hydrogen-bond acceptors (Lipinski definition) is 2. The van der Waals surface area contributed by atoms with Crippen molar-refractivity contribution >= 4 is 0 Å². The molecule has 0 aliphatic heterocycles. The molecule has 1 aliphatic rings. The van der Waals surface area contributed by atoms with Gasteiger partial charge < -0.3 is 9.84 Å². The Morgan fingerprint density at radius 2 is 2.12 bits per heavy atom. The molecule has 2 nitrogen and oxygen atoms in total. The monoisotopic (exact) mass is 230 g/mol. The lowest BCUT2D eigenvalue weighted by Crippen LogP contribution is -1.98. The number of aliphatic hydroxyl groups excluding tert-OH is 1. The highest BCUT2D eigenvalue weighted by molar-refractivity contribution is 5.40. The highest BCUT2D eigenvalue weighted by Crippen LogP contribution is 2.32. The Bertz CT molecular complexity index is 410. The van der Waals surface area contributed by atoms with Crippen molar-refractivity contribution in [2.45, 2.75) is 25.9 Å². The SMILES string of the molecule is OCC#Cc1ccccc1COCCC1CC1. The summed E-state index contributed by atoms with van der Waals surface area (Å²) in [6, 6.07) is 7.93. The first kappa shape index (κ1) is 12.2. The van der Waals surface area contributed by atoms with Crippen LogP contribution in [0.3, 0.4) is 0 Å². The molecule has 2 heteroatoms. The van der Waals surface area contributed by atoms with Crippen LogP contribution in [0, 0.1) is 17.8 Å². The van der Waals surface area contributed by atoms with Crippen molar-refractivity contribution in [3.63, 3.8) is 0 Å². The first-order chi connectivity index (χ1) is 8.40. The van der Waals surface area contributed by atoms with E-state index in [-0.39, 0.29) is 6.61 Å². The van der Waals surface area contributed by atoms with E-state index in [1.807, 2.05) is 24.3 Å². The molecule has 0 bridgehead atoms. The molecular weight excluding hydrogens is 212 g/mol. The Labute approximate surface area is 103 Å². The lowest BCUT2D eigenvalue weighted by molar-refractivity contribution is 0.115. The van der Waals surface area contributed by atoms with E-state index in [9.17, 15) is 0 Å². The number of hydrogen-bond donors (Lipinski definition) is 1. The van der Waals surface area contributed by atoms with Crippen LogP contribution in [-0.4, -0.2) is 18.3 Å². The molecule has 17 heavy (non-hydrogen) atoms. The zero-order chi connectivity index (χ0) is 11.9. The largest absolute Gasteiger partial charge is 0.384 e. The van der Waals surface area contributed by atoms with Crippen LogP contribution >= 0.6 is 0 Å². The fraction of sp³-hybridized carbons (Fsp3) is 0.467. The van der Waals surface area contributed by atoms with Crippen molar-refractivity contribution in [1.82, 2.24) is 0 Å². The molecule has 0 saturated heterocycles. The fourth-order valence-electron chi connectivity index (χ4n) is 1.74. The van der Waals surface area contributed by atoms with Crippen LogP contribution in [0.2, 0.25) is 0 Å². The molecule has 0 amide bonds. The summed E-state index contributed by atoms with van der Waals surface area (Å²) >= 11 is 0. The number of rotatable bonds is 5. The molecule has 0 unspecified atom stereocenters. The summed E-state index contributed by atoms with van der Waals surface area (Å²) in [5.41, 5.74) is 2.05. The Kier molecular flexibility index (Phi) is 4.61. The predicted octanol–water partition coefficient (Wildman–Crippen LogP) is 2.35. The second-order valence-corrected chi connectivity index (χ2v) is 4.40. The van der Waals surface area contributed by atoms with Crippen LogP contribution in [0.15, 0.2) is 24.3 Å². The van der Waals surface area contributed by atoms with Gasteiger partial charge in [0.05, 0.1) is 6.61 Å². The molecular formula is C15H18O2. The van der Waals surface area contributed by atoms with Gasteiger partial charge in [0.1, 0.15) is 6.61 Å². The molecule has 0 radical (unpaired) electrons. The van der Waals surface area contributed by atoms with E-state index in [0.29, 0.717) is 6.61 Å². The Balaban J connectivity index is 1.84. The van der Waals surface area contributed by atoms with Gasteiger partial charge in [-0.15, -0.1) is 0 Å².